The van der Waals surface area contributed by atoms with Crippen LogP contribution in [0.15, 0.2) is 59.2 Å². The molecule has 3 rings (SSSR count). The van der Waals surface area contributed by atoms with E-state index in [9.17, 15) is 0 Å². The Hall–Kier alpha value is -2.84. The molecule has 8 heteroatoms. The monoisotopic (exact) mass is 457 g/mol. The average molecular weight is 458 g/mol. The topological polar surface area (TPSA) is 71.5 Å². The summed E-state index contributed by atoms with van der Waals surface area (Å²) in [6, 6.07) is 15.4. The van der Waals surface area contributed by atoms with Gasteiger partial charge in [-0.1, -0.05) is 18.2 Å². The zero-order valence-corrected chi connectivity index (χ0v) is 18.2. The summed E-state index contributed by atoms with van der Waals surface area (Å²) in [5.74, 6) is 2.62. The lowest BCUT2D eigenvalue weighted by molar-refractivity contribution is 0.261. The Morgan fingerprint density at radius 1 is 1.07 bits per heavy atom. The number of methoxy groups -OCH3 is 1. The first-order chi connectivity index (χ1) is 14.0. The molecule has 3 aromatic rings. The van der Waals surface area contributed by atoms with Crippen LogP contribution in [0.1, 0.15) is 0 Å². The van der Waals surface area contributed by atoms with Gasteiger partial charge in [0.2, 0.25) is 5.95 Å². The van der Waals surface area contributed by atoms with Crippen molar-refractivity contribution in [2.75, 3.05) is 45.0 Å². The number of benzene rings is 2. The zero-order chi connectivity index (χ0) is 20.6. The van der Waals surface area contributed by atoms with Crippen molar-refractivity contribution in [3.05, 3.63) is 59.2 Å². The predicted molar refractivity (Wildman–Crippen MR) is 120 cm³/mol. The molecule has 0 saturated carbocycles. The van der Waals surface area contributed by atoms with Gasteiger partial charge in [-0.15, -0.1) is 0 Å². The maximum atomic E-state index is 5.79. The first-order valence-electron chi connectivity index (χ1n) is 9.12. The largest absolute Gasteiger partial charge is 0.495 e. The van der Waals surface area contributed by atoms with E-state index in [1.807, 2.05) is 62.6 Å². The number of ether oxygens (including phenoxy) is 2. The SMILES string of the molecule is COc1ccccc1Nc1nc(Nc2cccc(OCCN(C)C)c2)ncc1Br. The smallest absolute Gasteiger partial charge is 0.229 e. The van der Waals surface area contributed by atoms with Crippen molar-refractivity contribution >= 4 is 39.1 Å². The van der Waals surface area contributed by atoms with Gasteiger partial charge in [-0.2, -0.15) is 4.98 Å². The van der Waals surface area contributed by atoms with Crippen molar-refractivity contribution in [2.24, 2.45) is 0 Å². The summed E-state index contributed by atoms with van der Waals surface area (Å²) in [4.78, 5) is 11.0. The summed E-state index contributed by atoms with van der Waals surface area (Å²) >= 11 is 3.49. The first-order valence-corrected chi connectivity index (χ1v) is 9.91. The molecular weight excluding hydrogens is 434 g/mol. The maximum absolute atomic E-state index is 5.79. The second-order valence-electron chi connectivity index (χ2n) is 6.52. The third-order valence-corrected chi connectivity index (χ3v) is 4.58. The molecule has 7 nitrogen and oxygen atoms in total. The Balaban J connectivity index is 1.73. The molecule has 0 radical (unpaired) electrons. The zero-order valence-electron chi connectivity index (χ0n) is 16.6. The van der Waals surface area contributed by atoms with Gasteiger partial charge in [0.25, 0.3) is 0 Å². The molecule has 0 amide bonds. The van der Waals surface area contributed by atoms with E-state index in [4.69, 9.17) is 9.47 Å². The van der Waals surface area contributed by atoms with E-state index in [2.05, 4.69) is 41.4 Å². The Bertz CT molecular complexity index is 952. The van der Waals surface area contributed by atoms with Crippen LogP contribution in [-0.4, -0.2) is 49.2 Å². The highest BCUT2D eigenvalue weighted by Crippen LogP contribution is 2.30. The standard InChI is InChI=1S/C21H24BrN5O2/c1-27(2)11-12-29-16-8-6-7-15(13-16)24-21-23-14-17(22)20(26-21)25-18-9-4-5-10-19(18)28-3/h4-10,13-14H,11-12H2,1-3H3,(H2,23,24,25,26). The van der Waals surface area contributed by atoms with Crippen LogP contribution in [0.4, 0.5) is 23.1 Å². The summed E-state index contributed by atoms with van der Waals surface area (Å²) < 4.78 is 11.9. The summed E-state index contributed by atoms with van der Waals surface area (Å²) in [7, 11) is 5.67. The molecule has 152 valence electrons. The molecule has 0 fully saturated rings. The lowest BCUT2D eigenvalue weighted by Gasteiger charge is -2.13. The third kappa shape index (κ3) is 6.07. The molecule has 0 atom stereocenters. The molecule has 0 spiro atoms. The van der Waals surface area contributed by atoms with Crippen molar-refractivity contribution in [2.45, 2.75) is 0 Å². The Kier molecular flexibility index (Phi) is 7.26. The van der Waals surface area contributed by atoms with Crippen LogP contribution in [0.25, 0.3) is 0 Å². The minimum Gasteiger partial charge on any atom is -0.495 e. The molecule has 2 N–H and O–H groups in total. The van der Waals surface area contributed by atoms with Crippen LogP contribution in [0.5, 0.6) is 11.5 Å². The first kappa shape index (κ1) is 20.9. The highest BCUT2D eigenvalue weighted by Gasteiger charge is 2.09. The highest BCUT2D eigenvalue weighted by atomic mass is 79.9. The van der Waals surface area contributed by atoms with E-state index >= 15 is 0 Å². The van der Waals surface area contributed by atoms with Crippen LogP contribution in [0.3, 0.4) is 0 Å². The molecular formula is C21H24BrN5O2. The summed E-state index contributed by atoms with van der Waals surface area (Å²) in [5, 5.41) is 6.50. The van der Waals surface area contributed by atoms with E-state index in [1.54, 1.807) is 13.3 Å². The maximum Gasteiger partial charge on any atom is 0.229 e. The van der Waals surface area contributed by atoms with E-state index < -0.39 is 0 Å². The number of hydrogen-bond donors (Lipinski definition) is 2. The molecule has 1 heterocycles. The number of halogens is 1. The normalized spacial score (nSPS) is 10.7. The quantitative estimate of drug-likeness (QED) is 0.483. The second-order valence-corrected chi connectivity index (χ2v) is 7.37. The van der Waals surface area contributed by atoms with Crippen LogP contribution in [0.2, 0.25) is 0 Å². The second kappa shape index (κ2) is 10.1. The molecule has 2 aromatic carbocycles. The highest BCUT2D eigenvalue weighted by molar-refractivity contribution is 9.10. The Labute approximate surface area is 179 Å². The molecule has 0 saturated heterocycles. The van der Waals surface area contributed by atoms with Crippen LogP contribution >= 0.6 is 15.9 Å². The van der Waals surface area contributed by atoms with Crippen molar-refractivity contribution in [1.29, 1.82) is 0 Å². The van der Waals surface area contributed by atoms with Gasteiger partial charge in [-0.3, -0.25) is 0 Å². The molecule has 0 bridgehead atoms. The van der Waals surface area contributed by atoms with Crippen LogP contribution < -0.4 is 20.1 Å². The van der Waals surface area contributed by atoms with Gasteiger partial charge in [0, 0.05) is 24.5 Å². The van der Waals surface area contributed by atoms with Gasteiger partial charge < -0.3 is 25.0 Å². The van der Waals surface area contributed by atoms with Gasteiger partial charge in [0.15, 0.2) is 0 Å². The van der Waals surface area contributed by atoms with Crippen molar-refractivity contribution < 1.29 is 9.47 Å². The van der Waals surface area contributed by atoms with E-state index in [1.165, 1.54) is 0 Å². The number of para-hydroxylation sites is 2. The van der Waals surface area contributed by atoms with Gasteiger partial charge >= 0.3 is 0 Å². The average Bonchev–Trinajstić information content (AvgIpc) is 2.71. The van der Waals surface area contributed by atoms with E-state index in [-0.39, 0.29) is 0 Å². The third-order valence-electron chi connectivity index (χ3n) is 4.00. The number of nitrogens with zero attached hydrogens (tertiary/aromatic N) is 3. The molecule has 0 aliphatic heterocycles. The van der Waals surface area contributed by atoms with Gasteiger partial charge in [0.05, 0.1) is 17.3 Å². The fraction of sp³-hybridized carbons (Fsp3) is 0.238. The number of likely N-dealkylation sites (N-methyl/N-ethyl adjacent to an activating group) is 1. The number of rotatable bonds is 9. The molecule has 29 heavy (non-hydrogen) atoms. The van der Waals surface area contributed by atoms with E-state index in [0.717, 1.165) is 33.9 Å². The minimum atomic E-state index is 0.469. The van der Waals surface area contributed by atoms with Gasteiger partial charge in [-0.25, -0.2) is 4.98 Å². The summed E-state index contributed by atoms with van der Waals surface area (Å²) in [5.41, 5.74) is 1.66. The van der Waals surface area contributed by atoms with Crippen molar-refractivity contribution in [1.82, 2.24) is 14.9 Å². The predicted octanol–water partition coefficient (Wildman–Crippen LogP) is 4.68. The number of hydrogen-bond acceptors (Lipinski definition) is 7. The number of anilines is 4. The van der Waals surface area contributed by atoms with Gasteiger partial charge in [0.1, 0.15) is 23.9 Å². The van der Waals surface area contributed by atoms with Crippen molar-refractivity contribution in [3.63, 3.8) is 0 Å². The number of aromatic nitrogens is 2. The van der Waals surface area contributed by atoms with Crippen LogP contribution in [0, 0.1) is 0 Å². The Morgan fingerprint density at radius 2 is 1.90 bits per heavy atom. The molecule has 0 aliphatic carbocycles. The molecule has 1 aromatic heterocycles. The van der Waals surface area contributed by atoms with E-state index in [0.29, 0.717) is 18.4 Å². The van der Waals surface area contributed by atoms with Gasteiger partial charge in [-0.05, 0) is 54.3 Å². The summed E-state index contributed by atoms with van der Waals surface area (Å²) in [6.45, 7) is 1.48. The lowest BCUT2D eigenvalue weighted by atomic mass is 10.3. The molecule has 0 unspecified atom stereocenters. The van der Waals surface area contributed by atoms with Crippen LogP contribution in [-0.2, 0) is 0 Å². The fourth-order valence-corrected chi connectivity index (χ4v) is 2.82. The Morgan fingerprint density at radius 3 is 2.69 bits per heavy atom. The fourth-order valence-electron chi connectivity index (χ4n) is 2.53. The molecule has 0 aliphatic rings. The minimum absolute atomic E-state index is 0.469. The number of nitrogens with one attached hydrogen (secondary N) is 2. The summed E-state index contributed by atoms with van der Waals surface area (Å²) in [6.07, 6.45) is 1.70. The van der Waals surface area contributed by atoms with Crippen molar-refractivity contribution in [3.8, 4) is 11.5 Å². The lowest BCUT2D eigenvalue weighted by Crippen LogP contribution is -2.19.